The molecular formula is C15H24O. The summed E-state index contributed by atoms with van der Waals surface area (Å²) < 4.78 is 0. The zero-order valence-corrected chi connectivity index (χ0v) is 10.9. The second-order valence-corrected chi connectivity index (χ2v) is 4.98. The van der Waals surface area contributed by atoms with Crippen LogP contribution in [0, 0.1) is 5.92 Å². The summed E-state index contributed by atoms with van der Waals surface area (Å²) in [5.74, 6) is 0.768. The molecule has 0 aromatic heterocycles. The second kappa shape index (κ2) is 6.67. The summed E-state index contributed by atoms with van der Waals surface area (Å²) in [5.41, 5.74) is 2.88. The topological polar surface area (TPSA) is 17.1 Å². The van der Waals surface area contributed by atoms with Crippen molar-refractivity contribution in [3.63, 3.8) is 0 Å². The van der Waals surface area contributed by atoms with E-state index < -0.39 is 0 Å². The number of rotatable bonds is 5. The highest BCUT2D eigenvalue weighted by Gasteiger charge is 2.20. The molecule has 0 fully saturated rings. The van der Waals surface area contributed by atoms with Crippen LogP contribution in [0.1, 0.15) is 59.3 Å². The summed E-state index contributed by atoms with van der Waals surface area (Å²) in [6, 6.07) is 0. The van der Waals surface area contributed by atoms with Crippen molar-refractivity contribution in [2.45, 2.75) is 59.3 Å². The van der Waals surface area contributed by atoms with Crippen molar-refractivity contribution < 1.29 is 4.79 Å². The Labute approximate surface area is 99.6 Å². The molecule has 16 heavy (non-hydrogen) atoms. The summed E-state index contributed by atoms with van der Waals surface area (Å²) in [6.07, 6.45) is 10.8. The Morgan fingerprint density at radius 3 is 2.88 bits per heavy atom. The zero-order valence-electron chi connectivity index (χ0n) is 10.9. The van der Waals surface area contributed by atoms with E-state index in [2.05, 4.69) is 26.0 Å². The lowest BCUT2D eigenvalue weighted by Crippen LogP contribution is -2.16. The number of hydrogen-bond acceptors (Lipinski definition) is 1. The molecule has 1 aliphatic carbocycles. The first-order valence-electron chi connectivity index (χ1n) is 6.47. The van der Waals surface area contributed by atoms with Crippen molar-refractivity contribution in [3.05, 3.63) is 23.3 Å². The Bertz CT molecular complexity index is 293. The van der Waals surface area contributed by atoms with Gasteiger partial charge in [-0.25, -0.2) is 0 Å². The maximum atomic E-state index is 11.7. The Kier molecular flexibility index (Phi) is 5.51. The van der Waals surface area contributed by atoms with Crippen LogP contribution in [-0.4, -0.2) is 5.78 Å². The minimum atomic E-state index is 0.316. The van der Waals surface area contributed by atoms with Gasteiger partial charge in [-0.05, 0) is 46.0 Å². The summed E-state index contributed by atoms with van der Waals surface area (Å²) in [6.45, 7) is 6.25. The van der Waals surface area contributed by atoms with Crippen LogP contribution in [0.5, 0.6) is 0 Å². The van der Waals surface area contributed by atoms with Gasteiger partial charge < -0.3 is 0 Å². The molecule has 1 atom stereocenters. The van der Waals surface area contributed by atoms with Crippen LogP contribution in [0.2, 0.25) is 0 Å². The highest BCUT2D eigenvalue weighted by molar-refractivity contribution is 5.81. The molecule has 1 heteroatoms. The van der Waals surface area contributed by atoms with E-state index in [0.29, 0.717) is 18.1 Å². The van der Waals surface area contributed by atoms with Gasteiger partial charge >= 0.3 is 0 Å². The fourth-order valence-electron chi connectivity index (χ4n) is 2.30. The standard InChI is InChI=1S/C15H24O/c1-4-15(16)14-10-6-9-13(11-14)8-5-7-12(2)3/h7,9,14H,4-6,8,10-11H2,1-3H3. The predicted molar refractivity (Wildman–Crippen MR) is 69.4 cm³/mol. The Morgan fingerprint density at radius 2 is 2.25 bits per heavy atom. The van der Waals surface area contributed by atoms with Crippen molar-refractivity contribution in [1.29, 1.82) is 0 Å². The van der Waals surface area contributed by atoms with Gasteiger partial charge in [-0.3, -0.25) is 4.79 Å². The van der Waals surface area contributed by atoms with Gasteiger partial charge in [-0.1, -0.05) is 30.2 Å². The van der Waals surface area contributed by atoms with Gasteiger partial charge in [0, 0.05) is 12.3 Å². The first-order valence-corrected chi connectivity index (χ1v) is 6.47. The van der Waals surface area contributed by atoms with E-state index in [0.717, 1.165) is 32.1 Å². The van der Waals surface area contributed by atoms with Crippen LogP contribution in [0.3, 0.4) is 0 Å². The molecule has 0 aromatic rings. The molecule has 0 saturated heterocycles. The molecule has 0 N–H and O–H groups in total. The Hall–Kier alpha value is -0.850. The zero-order chi connectivity index (χ0) is 12.0. The quantitative estimate of drug-likeness (QED) is 0.626. The third-order valence-electron chi connectivity index (χ3n) is 3.28. The summed E-state index contributed by atoms with van der Waals surface area (Å²) in [5, 5.41) is 0. The lowest BCUT2D eigenvalue weighted by molar-refractivity contribution is -0.122. The maximum Gasteiger partial charge on any atom is 0.136 e. The van der Waals surface area contributed by atoms with E-state index in [9.17, 15) is 4.79 Å². The van der Waals surface area contributed by atoms with Gasteiger partial charge in [0.05, 0.1) is 0 Å². The van der Waals surface area contributed by atoms with Crippen molar-refractivity contribution >= 4 is 5.78 Å². The van der Waals surface area contributed by atoms with Crippen LogP contribution < -0.4 is 0 Å². The van der Waals surface area contributed by atoms with Crippen LogP contribution in [0.4, 0.5) is 0 Å². The third kappa shape index (κ3) is 4.34. The smallest absolute Gasteiger partial charge is 0.136 e. The molecule has 0 radical (unpaired) electrons. The lowest BCUT2D eigenvalue weighted by Gasteiger charge is -2.21. The molecule has 0 saturated carbocycles. The lowest BCUT2D eigenvalue weighted by atomic mass is 9.83. The molecule has 0 aromatic carbocycles. The molecule has 1 nitrogen and oxygen atoms in total. The van der Waals surface area contributed by atoms with Gasteiger partial charge in [0.1, 0.15) is 5.78 Å². The van der Waals surface area contributed by atoms with E-state index in [-0.39, 0.29) is 0 Å². The molecule has 0 spiro atoms. The first kappa shape index (κ1) is 13.2. The van der Waals surface area contributed by atoms with E-state index in [1.165, 1.54) is 11.1 Å². The number of hydrogen-bond donors (Lipinski definition) is 0. The monoisotopic (exact) mass is 220 g/mol. The molecule has 1 unspecified atom stereocenters. The molecule has 0 bridgehead atoms. The van der Waals surface area contributed by atoms with Gasteiger partial charge in [0.15, 0.2) is 0 Å². The molecule has 1 aliphatic rings. The van der Waals surface area contributed by atoms with E-state index in [4.69, 9.17) is 0 Å². The fraction of sp³-hybridized carbons (Fsp3) is 0.667. The van der Waals surface area contributed by atoms with Crippen LogP contribution in [-0.2, 0) is 4.79 Å². The number of allylic oxidation sites excluding steroid dienone is 4. The minimum absolute atomic E-state index is 0.316. The minimum Gasteiger partial charge on any atom is -0.299 e. The maximum absolute atomic E-state index is 11.7. The van der Waals surface area contributed by atoms with Gasteiger partial charge in [-0.2, -0.15) is 0 Å². The molecule has 0 aliphatic heterocycles. The number of carbonyl (C=O) groups is 1. The molecule has 0 amide bonds. The molecule has 1 rings (SSSR count). The van der Waals surface area contributed by atoms with Gasteiger partial charge in [0.25, 0.3) is 0 Å². The van der Waals surface area contributed by atoms with E-state index >= 15 is 0 Å². The third-order valence-corrected chi connectivity index (χ3v) is 3.28. The first-order chi connectivity index (χ1) is 7.63. The Balaban J connectivity index is 2.41. The summed E-state index contributed by atoms with van der Waals surface area (Å²) in [7, 11) is 0. The van der Waals surface area contributed by atoms with Gasteiger partial charge in [-0.15, -0.1) is 0 Å². The van der Waals surface area contributed by atoms with Crippen molar-refractivity contribution in [2.24, 2.45) is 5.92 Å². The van der Waals surface area contributed by atoms with Crippen molar-refractivity contribution in [2.75, 3.05) is 0 Å². The normalized spacial score (nSPS) is 20.2. The van der Waals surface area contributed by atoms with Crippen LogP contribution in [0.15, 0.2) is 23.3 Å². The fourth-order valence-corrected chi connectivity index (χ4v) is 2.30. The highest BCUT2D eigenvalue weighted by Crippen LogP contribution is 2.28. The molecule has 90 valence electrons. The predicted octanol–water partition coefficient (Wildman–Crippen LogP) is 4.44. The number of Topliss-reactive ketones (excluding diaryl/α,β-unsaturated/α-hetero) is 1. The second-order valence-electron chi connectivity index (χ2n) is 4.98. The number of carbonyl (C=O) groups excluding carboxylic acids is 1. The summed E-state index contributed by atoms with van der Waals surface area (Å²) in [4.78, 5) is 11.7. The molecule has 0 heterocycles. The Morgan fingerprint density at radius 1 is 1.50 bits per heavy atom. The SMILES string of the molecule is CCC(=O)C1CCC=C(CCC=C(C)C)C1. The van der Waals surface area contributed by atoms with E-state index in [1.54, 1.807) is 0 Å². The summed E-state index contributed by atoms with van der Waals surface area (Å²) >= 11 is 0. The van der Waals surface area contributed by atoms with Gasteiger partial charge in [0.2, 0.25) is 0 Å². The largest absolute Gasteiger partial charge is 0.299 e. The van der Waals surface area contributed by atoms with E-state index in [1.807, 2.05) is 6.92 Å². The molecular weight excluding hydrogens is 196 g/mol. The number of ketones is 1. The van der Waals surface area contributed by atoms with Crippen LogP contribution >= 0.6 is 0 Å². The van der Waals surface area contributed by atoms with Crippen molar-refractivity contribution in [1.82, 2.24) is 0 Å². The average Bonchev–Trinajstić information content (AvgIpc) is 2.28. The van der Waals surface area contributed by atoms with Crippen LogP contribution in [0.25, 0.3) is 0 Å². The van der Waals surface area contributed by atoms with Crippen molar-refractivity contribution in [3.8, 4) is 0 Å². The highest BCUT2D eigenvalue weighted by atomic mass is 16.1. The average molecular weight is 220 g/mol.